The monoisotopic (exact) mass is 311 g/mol. The molecule has 0 aliphatic carbocycles. The van der Waals surface area contributed by atoms with E-state index < -0.39 is 15.7 Å². The molecule has 0 bridgehead atoms. The summed E-state index contributed by atoms with van der Waals surface area (Å²) in [5, 5.41) is 4.31. The van der Waals surface area contributed by atoms with Gasteiger partial charge in [-0.15, -0.1) is 0 Å². The first-order chi connectivity index (χ1) is 9.87. The molecule has 114 valence electrons. The molecule has 1 aromatic carbocycles. The molecule has 0 amide bonds. The largest absolute Gasteiger partial charge is 0.396 e. The number of nitrogens with zero attached hydrogens (tertiary/aromatic N) is 2. The summed E-state index contributed by atoms with van der Waals surface area (Å²) in [6.07, 6.45) is 0.733. The van der Waals surface area contributed by atoms with E-state index in [1.165, 1.54) is 12.1 Å². The molecule has 0 atom stereocenters. The van der Waals surface area contributed by atoms with E-state index in [0.717, 1.165) is 18.2 Å². The van der Waals surface area contributed by atoms with Crippen molar-refractivity contribution in [1.82, 2.24) is 9.78 Å². The maximum Gasteiger partial charge on any atom is 0.184 e. The lowest BCUT2D eigenvalue weighted by atomic mass is 10.3. The molecule has 0 fully saturated rings. The predicted molar refractivity (Wildman–Crippen MR) is 79.0 cm³/mol. The molecule has 2 N–H and O–H groups in total. The fourth-order valence-electron chi connectivity index (χ4n) is 2.06. The van der Waals surface area contributed by atoms with Crippen LogP contribution in [0.1, 0.15) is 25.2 Å². The van der Waals surface area contributed by atoms with Crippen molar-refractivity contribution in [3.63, 3.8) is 0 Å². The Hall–Kier alpha value is -1.89. The number of hydrogen-bond donors (Lipinski definition) is 1. The fraction of sp³-hybridized carbons (Fsp3) is 0.357. The highest BCUT2D eigenvalue weighted by Gasteiger charge is 2.20. The number of nitrogens with two attached hydrogens (primary N) is 1. The van der Waals surface area contributed by atoms with Gasteiger partial charge in [0.2, 0.25) is 0 Å². The van der Waals surface area contributed by atoms with Crippen molar-refractivity contribution in [1.29, 1.82) is 0 Å². The number of aromatic nitrogens is 2. The number of halogens is 1. The van der Waals surface area contributed by atoms with Crippen molar-refractivity contribution in [2.75, 3.05) is 5.73 Å². The van der Waals surface area contributed by atoms with Gasteiger partial charge in [-0.3, -0.25) is 4.68 Å². The van der Waals surface area contributed by atoms with E-state index in [0.29, 0.717) is 12.2 Å². The number of benzene rings is 1. The van der Waals surface area contributed by atoms with Crippen LogP contribution in [-0.4, -0.2) is 18.2 Å². The standard InChI is InChI=1S/C14H18FN3O2S/c1-3-10-7-11(18(4-2)17-10)9-21(19,20)12-5-6-14(16)13(15)8-12/h5-8H,3-4,9,16H2,1-2H3. The average Bonchev–Trinajstić information content (AvgIpc) is 2.83. The molecule has 1 heterocycles. The second-order valence-corrected chi connectivity index (χ2v) is 6.73. The number of rotatable bonds is 5. The summed E-state index contributed by atoms with van der Waals surface area (Å²) in [5.41, 5.74) is 6.74. The van der Waals surface area contributed by atoms with E-state index in [-0.39, 0.29) is 16.3 Å². The molecule has 0 aliphatic rings. The van der Waals surface area contributed by atoms with Gasteiger partial charge in [0.15, 0.2) is 9.84 Å². The number of hydrogen-bond acceptors (Lipinski definition) is 4. The van der Waals surface area contributed by atoms with Crippen LogP contribution in [0.5, 0.6) is 0 Å². The molecule has 2 aromatic rings. The SMILES string of the molecule is CCc1cc(CS(=O)(=O)c2ccc(N)c(F)c2)n(CC)n1. The summed E-state index contributed by atoms with van der Waals surface area (Å²) in [7, 11) is -3.64. The summed E-state index contributed by atoms with van der Waals surface area (Å²) >= 11 is 0. The molecule has 1 aromatic heterocycles. The van der Waals surface area contributed by atoms with E-state index in [4.69, 9.17) is 5.73 Å². The third-order valence-corrected chi connectivity index (χ3v) is 4.89. The summed E-state index contributed by atoms with van der Waals surface area (Å²) in [5.74, 6) is -0.939. The fourth-order valence-corrected chi connectivity index (χ4v) is 3.40. The van der Waals surface area contributed by atoms with E-state index in [1.807, 2.05) is 13.8 Å². The number of aryl methyl sites for hydroxylation is 2. The maximum atomic E-state index is 13.4. The lowest BCUT2D eigenvalue weighted by molar-refractivity contribution is 0.582. The quantitative estimate of drug-likeness (QED) is 0.858. The van der Waals surface area contributed by atoms with Gasteiger partial charge in [-0.1, -0.05) is 6.92 Å². The maximum absolute atomic E-state index is 13.4. The van der Waals surface area contributed by atoms with Gasteiger partial charge < -0.3 is 5.73 Å². The smallest absolute Gasteiger partial charge is 0.184 e. The first-order valence-corrected chi connectivity index (χ1v) is 8.36. The van der Waals surface area contributed by atoms with Crippen molar-refractivity contribution in [3.05, 3.63) is 41.5 Å². The van der Waals surface area contributed by atoms with Crippen LogP contribution < -0.4 is 5.73 Å². The second-order valence-electron chi connectivity index (χ2n) is 4.74. The molecule has 0 radical (unpaired) electrons. The van der Waals surface area contributed by atoms with Crippen LogP contribution >= 0.6 is 0 Å². The molecule has 2 rings (SSSR count). The van der Waals surface area contributed by atoms with Crippen LogP contribution in [0.3, 0.4) is 0 Å². The molecular formula is C14H18FN3O2S. The van der Waals surface area contributed by atoms with Gasteiger partial charge in [0.1, 0.15) is 5.82 Å². The number of sulfone groups is 1. The van der Waals surface area contributed by atoms with Crippen molar-refractivity contribution in [2.45, 2.75) is 37.5 Å². The Morgan fingerprint density at radius 1 is 1.29 bits per heavy atom. The Kier molecular flexibility index (Phi) is 4.32. The highest BCUT2D eigenvalue weighted by molar-refractivity contribution is 7.90. The molecule has 0 aliphatic heterocycles. The molecule has 21 heavy (non-hydrogen) atoms. The average molecular weight is 311 g/mol. The minimum absolute atomic E-state index is 0.0687. The minimum Gasteiger partial charge on any atom is -0.396 e. The Bertz CT molecular complexity index is 754. The molecule has 7 heteroatoms. The minimum atomic E-state index is -3.64. The molecule has 0 unspecified atom stereocenters. The first-order valence-electron chi connectivity index (χ1n) is 6.70. The van der Waals surface area contributed by atoms with Crippen molar-refractivity contribution >= 4 is 15.5 Å². The summed E-state index contributed by atoms with van der Waals surface area (Å²) in [6.45, 7) is 4.43. The van der Waals surface area contributed by atoms with Crippen molar-refractivity contribution in [3.8, 4) is 0 Å². The van der Waals surface area contributed by atoms with Crippen LogP contribution in [-0.2, 0) is 28.6 Å². The van der Waals surface area contributed by atoms with Gasteiger partial charge in [-0.25, -0.2) is 12.8 Å². The molecule has 0 saturated heterocycles. The van der Waals surface area contributed by atoms with E-state index in [2.05, 4.69) is 5.10 Å². The van der Waals surface area contributed by atoms with Gasteiger partial charge in [0, 0.05) is 6.54 Å². The molecular weight excluding hydrogens is 293 g/mol. The molecule has 5 nitrogen and oxygen atoms in total. The number of nitrogen functional groups attached to an aromatic ring is 1. The second kappa shape index (κ2) is 5.85. The summed E-state index contributed by atoms with van der Waals surface area (Å²) < 4.78 is 39.9. The zero-order chi connectivity index (χ0) is 15.6. The van der Waals surface area contributed by atoms with E-state index >= 15 is 0 Å². The van der Waals surface area contributed by atoms with Gasteiger partial charge >= 0.3 is 0 Å². The van der Waals surface area contributed by atoms with Crippen LogP contribution in [0.4, 0.5) is 10.1 Å². The Labute approximate surface area is 123 Å². The lowest BCUT2D eigenvalue weighted by Gasteiger charge is -2.07. The molecule has 0 spiro atoms. The zero-order valence-electron chi connectivity index (χ0n) is 12.0. The first kappa shape index (κ1) is 15.5. The van der Waals surface area contributed by atoms with Gasteiger partial charge in [-0.2, -0.15) is 5.10 Å². The third-order valence-electron chi connectivity index (χ3n) is 3.24. The molecule has 0 saturated carbocycles. The van der Waals surface area contributed by atoms with Crippen LogP contribution in [0.25, 0.3) is 0 Å². The van der Waals surface area contributed by atoms with E-state index in [9.17, 15) is 12.8 Å². The van der Waals surface area contributed by atoms with Crippen LogP contribution in [0, 0.1) is 5.82 Å². The highest BCUT2D eigenvalue weighted by atomic mass is 32.2. The highest BCUT2D eigenvalue weighted by Crippen LogP contribution is 2.21. The topological polar surface area (TPSA) is 78.0 Å². The normalized spacial score (nSPS) is 11.8. The van der Waals surface area contributed by atoms with Crippen LogP contribution in [0.2, 0.25) is 0 Å². The third kappa shape index (κ3) is 3.24. The van der Waals surface area contributed by atoms with Crippen molar-refractivity contribution < 1.29 is 12.8 Å². The summed E-state index contributed by atoms with van der Waals surface area (Å²) in [4.78, 5) is -0.0731. The van der Waals surface area contributed by atoms with E-state index in [1.54, 1.807) is 10.7 Å². The summed E-state index contributed by atoms with van der Waals surface area (Å²) in [6, 6.07) is 5.31. The predicted octanol–water partition coefficient (Wildman–Crippen LogP) is 2.16. The number of anilines is 1. The van der Waals surface area contributed by atoms with Crippen molar-refractivity contribution in [2.24, 2.45) is 0 Å². The van der Waals surface area contributed by atoms with Gasteiger partial charge in [0.05, 0.1) is 27.7 Å². The lowest BCUT2D eigenvalue weighted by Crippen LogP contribution is -2.11. The van der Waals surface area contributed by atoms with Gasteiger partial charge in [-0.05, 0) is 37.6 Å². The zero-order valence-corrected chi connectivity index (χ0v) is 12.8. The van der Waals surface area contributed by atoms with Gasteiger partial charge in [0.25, 0.3) is 0 Å². The Balaban J connectivity index is 2.36. The Morgan fingerprint density at radius 3 is 2.57 bits per heavy atom. The Morgan fingerprint density at radius 2 is 2.00 bits per heavy atom. The van der Waals surface area contributed by atoms with Crippen LogP contribution in [0.15, 0.2) is 29.2 Å².